The highest BCUT2D eigenvalue weighted by atomic mass is 32.1. The summed E-state index contributed by atoms with van der Waals surface area (Å²) in [5.41, 5.74) is 3.80. The maximum absolute atomic E-state index is 12.2. The number of anilines is 1. The predicted octanol–water partition coefficient (Wildman–Crippen LogP) is 4.29. The molecule has 0 saturated carbocycles. The Hall–Kier alpha value is -2.46. The Morgan fingerprint density at radius 1 is 0.913 bits per heavy atom. The third-order valence-corrected chi connectivity index (χ3v) is 4.17. The third kappa shape index (κ3) is 3.85. The Morgan fingerprint density at radius 3 is 2.26 bits per heavy atom. The third-order valence-electron chi connectivity index (χ3n) is 3.82. The summed E-state index contributed by atoms with van der Waals surface area (Å²) in [7, 11) is 0. The number of amides is 1. The van der Waals surface area contributed by atoms with E-state index in [9.17, 15) is 4.79 Å². The number of carbonyl (C=O) groups excluding carboxylic acids is 1. The van der Waals surface area contributed by atoms with Crippen LogP contribution >= 0.6 is 12.2 Å². The van der Waals surface area contributed by atoms with Gasteiger partial charge in [-0.1, -0.05) is 48.6 Å². The van der Waals surface area contributed by atoms with Crippen molar-refractivity contribution in [1.82, 2.24) is 5.32 Å². The second-order valence-corrected chi connectivity index (χ2v) is 5.86. The van der Waals surface area contributed by atoms with E-state index in [2.05, 4.69) is 10.6 Å². The number of carbonyl (C=O) groups is 1. The predicted molar refractivity (Wildman–Crippen MR) is 97.4 cm³/mol. The number of para-hydroxylation sites is 1. The molecule has 0 bridgehead atoms. The van der Waals surface area contributed by atoms with Gasteiger partial charge < -0.3 is 10.6 Å². The van der Waals surface area contributed by atoms with Crippen molar-refractivity contribution < 1.29 is 4.79 Å². The van der Waals surface area contributed by atoms with Crippen LogP contribution in [0.15, 0.2) is 71.9 Å². The van der Waals surface area contributed by atoms with Gasteiger partial charge in [0.1, 0.15) is 4.99 Å². The van der Waals surface area contributed by atoms with Crippen molar-refractivity contribution in [1.29, 1.82) is 0 Å². The number of rotatable bonds is 4. The molecule has 2 aromatic carbocycles. The lowest BCUT2D eigenvalue weighted by molar-refractivity contribution is 0.0978. The lowest BCUT2D eigenvalue weighted by atomic mass is 10.2. The molecule has 1 aliphatic carbocycles. The fourth-order valence-corrected chi connectivity index (χ4v) is 2.99. The number of nitrogens with one attached hydrogen (secondary N) is 2. The first-order chi connectivity index (χ1) is 11.2. The molecule has 0 atom stereocenters. The molecule has 23 heavy (non-hydrogen) atoms. The van der Waals surface area contributed by atoms with Gasteiger partial charge >= 0.3 is 0 Å². The standard InChI is InChI=1S/C19H18N2OS/c22-18(14-8-3-1-4-9-14)21-19(23)16-12-7-13-17(16)20-15-10-5-2-6-11-15/h1-6,8-11,20H,7,12-13H2,(H,21,22,23). The lowest BCUT2D eigenvalue weighted by Crippen LogP contribution is -2.30. The largest absolute Gasteiger partial charge is 0.359 e. The van der Waals surface area contributed by atoms with Crippen molar-refractivity contribution in [3.8, 4) is 0 Å². The van der Waals surface area contributed by atoms with Gasteiger partial charge in [0.05, 0.1) is 0 Å². The van der Waals surface area contributed by atoms with Crippen molar-refractivity contribution in [3.05, 3.63) is 77.5 Å². The summed E-state index contributed by atoms with van der Waals surface area (Å²) in [6, 6.07) is 19.2. The summed E-state index contributed by atoms with van der Waals surface area (Å²) in [6.45, 7) is 0. The molecule has 0 fully saturated rings. The highest BCUT2D eigenvalue weighted by molar-refractivity contribution is 7.80. The van der Waals surface area contributed by atoms with E-state index in [0.29, 0.717) is 10.6 Å². The highest BCUT2D eigenvalue weighted by Gasteiger charge is 2.20. The molecule has 1 amide bonds. The van der Waals surface area contributed by atoms with Gasteiger partial charge in [0.2, 0.25) is 0 Å². The maximum atomic E-state index is 12.2. The van der Waals surface area contributed by atoms with Crippen molar-refractivity contribution in [2.45, 2.75) is 19.3 Å². The minimum atomic E-state index is -0.158. The Labute approximate surface area is 141 Å². The monoisotopic (exact) mass is 322 g/mol. The number of benzene rings is 2. The molecule has 0 spiro atoms. The van der Waals surface area contributed by atoms with Crippen LogP contribution in [0.2, 0.25) is 0 Å². The lowest BCUT2D eigenvalue weighted by Gasteiger charge is -2.12. The quantitative estimate of drug-likeness (QED) is 0.825. The molecule has 3 nitrogen and oxygen atoms in total. The van der Waals surface area contributed by atoms with Crippen LogP contribution in [-0.4, -0.2) is 10.9 Å². The fourth-order valence-electron chi connectivity index (χ4n) is 2.67. The van der Waals surface area contributed by atoms with E-state index in [4.69, 9.17) is 12.2 Å². The van der Waals surface area contributed by atoms with E-state index in [-0.39, 0.29) is 5.91 Å². The Morgan fingerprint density at radius 2 is 1.57 bits per heavy atom. The van der Waals surface area contributed by atoms with Gasteiger partial charge in [0.15, 0.2) is 0 Å². The Bertz CT molecular complexity index is 738. The van der Waals surface area contributed by atoms with Crippen LogP contribution in [-0.2, 0) is 0 Å². The zero-order chi connectivity index (χ0) is 16.1. The summed E-state index contributed by atoms with van der Waals surface area (Å²) in [5, 5.41) is 6.27. The van der Waals surface area contributed by atoms with E-state index in [1.165, 1.54) is 0 Å². The normalized spacial score (nSPS) is 13.7. The molecule has 116 valence electrons. The van der Waals surface area contributed by atoms with Gasteiger partial charge in [-0.25, -0.2) is 0 Å². The topological polar surface area (TPSA) is 41.1 Å². The van der Waals surface area contributed by atoms with E-state index in [0.717, 1.165) is 36.2 Å². The molecule has 4 heteroatoms. The summed E-state index contributed by atoms with van der Waals surface area (Å²) in [5.74, 6) is -0.158. The van der Waals surface area contributed by atoms with Crippen molar-refractivity contribution in [2.75, 3.05) is 5.32 Å². The highest BCUT2D eigenvalue weighted by Crippen LogP contribution is 2.28. The van der Waals surface area contributed by atoms with E-state index in [1.54, 1.807) is 12.1 Å². The summed E-state index contributed by atoms with van der Waals surface area (Å²) in [6.07, 6.45) is 2.89. The van der Waals surface area contributed by atoms with Crippen LogP contribution in [0.4, 0.5) is 5.69 Å². The fraction of sp³-hybridized carbons (Fsp3) is 0.158. The van der Waals surface area contributed by atoms with Crippen molar-refractivity contribution >= 4 is 28.8 Å². The molecule has 2 N–H and O–H groups in total. The van der Waals surface area contributed by atoms with Gasteiger partial charge in [-0.3, -0.25) is 4.79 Å². The number of thiocarbonyl (C=S) groups is 1. The number of hydrogen-bond donors (Lipinski definition) is 2. The molecule has 1 aliphatic rings. The van der Waals surface area contributed by atoms with E-state index in [1.807, 2.05) is 48.5 Å². The summed E-state index contributed by atoms with van der Waals surface area (Å²) < 4.78 is 0. The van der Waals surface area contributed by atoms with Crippen LogP contribution in [0.5, 0.6) is 0 Å². The van der Waals surface area contributed by atoms with Gasteiger partial charge in [-0.15, -0.1) is 0 Å². The van der Waals surface area contributed by atoms with Crippen LogP contribution < -0.4 is 10.6 Å². The molecule has 2 aromatic rings. The van der Waals surface area contributed by atoms with E-state index >= 15 is 0 Å². The minimum Gasteiger partial charge on any atom is -0.359 e. The Balaban J connectivity index is 1.72. The van der Waals surface area contributed by atoms with E-state index < -0.39 is 0 Å². The first-order valence-corrected chi connectivity index (χ1v) is 8.09. The second-order valence-electron chi connectivity index (χ2n) is 5.45. The van der Waals surface area contributed by atoms with Crippen LogP contribution in [0.25, 0.3) is 0 Å². The molecule has 0 heterocycles. The Kier molecular flexibility index (Phi) is 4.83. The molecular weight excluding hydrogens is 304 g/mol. The van der Waals surface area contributed by atoms with Gasteiger partial charge in [-0.05, 0) is 43.5 Å². The minimum absolute atomic E-state index is 0.158. The van der Waals surface area contributed by atoms with Gasteiger partial charge in [0, 0.05) is 22.5 Å². The molecule has 0 aromatic heterocycles. The smallest absolute Gasteiger partial charge is 0.256 e. The van der Waals surface area contributed by atoms with Gasteiger partial charge in [-0.2, -0.15) is 0 Å². The zero-order valence-electron chi connectivity index (χ0n) is 12.7. The van der Waals surface area contributed by atoms with Crippen LogP contribution in [0.3, 0.4) is 0 Å². The summed E-state index contributed by atoms with van der Waals surface area (Å²) in [4.78, 5) is 12.8. The number of allylic oxidation sites excluding steroid dienone is 1. The maximum Gasteiger partial charge on any atom is 0.256 e. The van der Waals surface area contributed by atoms with Crippen LogP contribution in [0.1, 0.15) is 29.6 Å². The second kappa shape index (κ2) is 7.20. The zero-order valence-corrected chi connectivity index (χ0v) is 13.5. The molecule has 0 aliphatic heterocycles. The number of hydrogen-bond acceptors (Lipinski definition) is 3. The molecular formula is C19H18N2OS. The van der Waals surface area contributed by atoms with Crippen molar-refractivity contribution in [2.24, 2.45) is 0 Å². The average molecular weight is 322 g/mol. The summed E-state index contributed by atoms with van der Waals surface area (Å²) >= 11 is 5.45. The molecule has 0 unspecified atom stereocenters. The van der Waals surface area contributed by atoms with Gasteiger partial charge in [0.25, 0.3) is 5.91 Å². The van der Waals surface area contributed by atoms with Crippen molar-refractivity contribution in [3.63, 3.8) is 0 Å². The first-order valence-electron chi connectivity index (χ1n) is 7.69. The molecule has 0 radical (unpaired) electrons. The SMILES string of the molecule is O=C(NC(=S)C1=C(Nc2ccccc2)CCC1)c1ccccc1. The molecule has 3 rings (SSSR count). The average Bonchev–Trinajstić information content (AvgIpc) is 3.05. The first kappa shape index (κ1) is 15.4. The molecule has 0 saturated heterocycles. The van der Waals surface area contributed by atoms with Crippen LogP contribution in [0, 0.1) is 0 Å².